The number of rotatable bonds is 4. The van der Waals surface area contributed by atoms with Crippen molar-refractivity contribution < 1.29 is 9.90 Å². The maximum Gasteiger partial charge on any atom is 0.335 e. The van der Waals surface area contributed by atoms with Crippen LogP contribution in [-0.4, -0.2) is 16.1 Å². The molecule has 1 N–H and O–H groups in total. The predicted molar refractivity (Wildman–Crippen MR) is 72.8 cm³/mol. The Bertz CT molecular complexity index is 542. The summed E-state index contributed by atoms with van der Waals surface area (Å²) < 4.78 is 1.10. The maximum atomic E-state index is 10.8. The smallest absolute Gasteiger partial charge is 0.335 e. The topological polar surface area (TPSA) is 50.2 Å². The fourth-order valence-corrected chi connectivity index (χ4v) is 3.34. The van der Waals surface area contributed by atoms with Gasteiger partial charge in [-0.1, -0.05) is 0 Å². The summed E-state index contributed by atoms with van der Waals surface area (Å²) in [5.74, 6) is -0.134. The Morgan fingerprint density at radius 1 is 1.53 bits per heavy atom. The average molecular weight is 330 g/mol. The van der Waals surface area contributed by atoms with Gasteiger partial charge in [-0.05, 0) is 45.1 Å². The quantitative estimate of drug-likeness (QED) is 0.864. The van der Waals surface area contributed by atoms with Gasteiger partial charge in [0.05, 0.1) is 14.4 Å². The summed E-state index contributed by atoms with van der Waals surface area (Å²) >= 11 is 6.57. The van der Waals surface area contributed by atoms with Crippen molar-refractivity contribution >= 4 is 45.0 Å². The molecular formula is C11H8BrNO2S2. The van der Waals surface area contributed by atoms with E-state index in [1.807, 2.05) is 0 Å². The van der Waals surface area contributed by atoms with Gasteiger partial charge in [0.1, 0.15) is 0 Å². The van der Waals surface area contributed by atoms with Crippen molar-refractivity contribution in [2.45, 2.75) is 10.8 Å². The molecular weight excluding hydrogens is 322 g/mol. The predicted octanol–water partition coefficient (Wildman–Crippen LogP) is 3.90. The van der Waals surface area contributed by atoms with Crippen LogP contribution >= 0.6 is 39.0 Å². The fraction of sp³-hybridized carbons (Fsp3) is 0.0909. The molecule has 0 aliphatic carbocycles. The van der Waals surface area contributed by atoms with Crippen molar-refractivity contribution in [2.24, 2.45) is 0 Å². The van der Waals surface area contributed by atoms with E-state index >= 15 is 0 Å². The summed E-state index contributed by atoms with van der Waals surface area (Å²) in [5.41, 5.74) is 1.48. The number of hydrogen-bond donors (Lipinski definition) is 1. The van der Waals surface area contributed by atoms with Crippen LogP contribution in [0.3, 0.4) is 0 Å². The largest absolute Gasteiger partial charge is 0.478 e. The van der Waals surface area contributed by atoms with Gasteiger partial charge in [-0.3, -0.25) is 0 Å². The maximum absolute atomic E-state index is 10.8. The summed E-state index contributed by atoms with van der Waals surface area (Å²) in [6, 6.07) is 5.14. The zero-order valence-corrected chi connectivity index (χ0v) is 11.8. The molecule has 2 aromatic rings. The first-order valence-electron chi connectivity index (χ1n) is 4.70. The number of carboxylic acid groups (broad SMARTS) is 1. The molecule has 0 bridgehead atoms. The van der Waals surface area contributed by atoms with Crippen molar-refractivity contribution in [3.63, 3.8) is 0 Å². The normalized spacial score (nSPS) is 10.4. The van der Waals surface area contributed by atoms with Crippen molar-refractivity contribution in [1.29, 1.82) is 0 Å². The first kappa shape index (κ1) is 12.6. The zero-order chi connectivity index (χ0) is 12.3. The number of thiophene rings is 1. The first-order chi connectivity index (χ1) is 8.15. The Kier molecular flexibility index (Phi) is 4.20. The number of aromatic nitrogens is 1. The third-order valence-corrected chi connectivity index (χ3v) is 4.54. The number of hydrogen-bond acceptors (Lipinski definition) is 4. The Labute approximate surface area is 115 Å². The molecule has 0 aromatic carbocycles. The Morgan fingerprint density at radius 3 is 3.00 bits per heavy atom. The van der Waals surface area contributed by atoms with Crippen LogP contribution in [0.15, 0.2) is 38.6 Å². The second-order valence-electron chi connectivity index (χ2n) is 3.24. The molecule has 0 saturated carbocycles. The lowest BCUT2D eigenvalue weighted by Crippen LogP contribution is -1.96. The van der Waals surface area contributed by atoms with Gasteiger partial charge in [0.25, 0.3) is 0 Å². The summed E-state index contributed by atoms with van der Waals surface area (Å²) in [7, 11) is 0. The van der Waals surface area contributed by atoms with E-state index in [0.29, 0.717) is 0 Å². The van der Waals surface area contributed by atoms with Gasteiger partial charge in [0.15, 0.2) is 0 Å². The van der Waals surface area contributed by atoms with Crippen LogP contribution in [0.5, 0.6) is 0 Å². The number of pyridine rings is 1. The Balaban J connectivity index is 2.04. The zero-order valence-electron chi connectivity index (χ0n) is 8.59. The van der Waals surface area contributed by atoms with E-state index in [1.165, 1.54) is 29.6 Å². The minimum absolute atomic E-state index is 0.272. The Hall–Kier alpha value is -0.850. The number of thioether (sulfide) groups is 1. The molecule has 0 saturated heterocycles. The van der Waals surface area contributed by atoms with Crippen LogP contribution in [-0.2, 0) is 5.75 Å². The van der Waals surface area contributed by atoms with E-state index in [9.17, 15) is 4.79 Å². The van der Waals surface area contributed by atoms with Crippen molar-refractivity contribution in [2.75, 3.05) is 0 Å². The number of carbonyl (C=O) groups is 1. The van der Waals surface area contributed by atoms with E-state index in [1.54, 1.807) is 17.4 Å². The lowest BCUT2D eigenvalue weighted by molar-refractivity contribution is 0.0696. The van der Waals surface area contributed by atoms with Gasteiger partial charge in [-0.2, -0.15) is 0 Å². The van der Waals surface area contributed by atoms with Crippen LogP contribution < -0.4 is 0 Å². The molecule has 0 aliphatic rings. The highest BCUT2D eigenvalue weighted by Gasteiger charge is 2.05. The molecule has 0 unspecified atom stereocenters. The minimum Gasteiger partial charge on any atom is -0.478 e. The molecule has 0 spiro atoms. The van der Waals surface area contributed by atoms with Crippen LogP contribution in [0.2, 0.25) is 0 Å². The lowest BCUT2D eigenvalue weighted by atomic mass is 10.3. The van der Waals surface area contributed by atoms with E-state index in [2.05, 4.69) is 32.4 Å². The SMILES string of the molecule is O=C(O)c1ccnc(SCc2csc(Br)c2)c1. The molecule has 0 aliphatic heterocycles. The molecule has 17 heavy (non-hydrogen) atoms. The van der Waals surface area contributed by atoms with Crippen LogP contribution in [0.1, 0.15) is 15.9 Å². The fourth-order valence-electron chi connectivity index (χ4n) is 1.20. The first-order valence-corrected chi connectivity index (χ1v) is 7.36. The summed E-state index contributed by atoms with van der Waals surface area (Å²) in [6.07, 6.45) is 1.52. The monoisotopic (exact) mass is 329 g/mol. The molecule has 0 fully saturated rings. The van der Waals surface area contributed by atoms with Gasteiger partial charge in [0, 0.05) is 11.9 Å². The van der Waals surface area contributed by atoms with Gasteiger partial charge in [-0.25, -0.2) is 9.78 Å². The number of carboxylic acids is 1. The third-order valence-electron chi connectivity index (χ3n) is 1.99. The second-order valence-corrected chi connectivity index (χ2v) is 6.52. The highest BCUT2D eigenvalue weighted by molar-refractivity contribution is 9.11. The summed E-state index contributed by atoms with van der Waals surface area (Å²) in [5, 5.41) is 11.7. The molecule has 6 heteroatoms. The molecule has 0 amide bonds. The Morgan fingerprint density at radius 2 is 2.35 bits per heavy atom. The summed E-state index contributed by atoms with van der Waals surface area (Å²) in [6.45, 7) is 0. The molecule has 88 valence electrons. The van der Waals surface area contributed by atoms with Crippen molar-refractivity contribution in [3.05, 3.63) is 44.7 Å². The molecule has 2 heterocycles. The second kappa shape index (κ2) is 5.66. The van der Waals surface area contributed by atoms with Crippen LogP contribution in [0, 0.1) is 0 Å². The van der Waals surface area contributed by atoms with E-state index in [-0.39, 0.29) is 5.56 Å². The van der Waals surface area contributed by atoms with Crippen molar-refractivity contribution in [3.8, 4) is 0 Å². The summed E-state index contributed by atoms with van der Waals surface area (Å²) in [4.78, 5) is 14.9. The highest BCUT2D eigenvalue weighted by Crippen LogP contribution is 2.27. The van der Waals surface area contributed by atoms with Gasteiger partial charge in [-0.15, -0.1) is 23.1 Å². The molecule has 0 radical (unpaired) electrons. The molecule has 2 rings (SSSR count). The van der Waals surface area contributed by atoms with E-state index in [0.717, 1.165) is 14.6 Å². The molecule has 2 aromatic heterocycles. The number of nitrogens with zero attached hydrogens (tertiary/aromatic N) is 1. The van der Waals surface area contributed by atoms with Gasteiger partial charge >= 0.3 is 5.97 Å². The van der Waals surface area contributed by atoms with Gasteiger partial charge in [0.2, 0.25) is 0 Å². The minimum atomic E-state index is -0.924. The number of halogens is 1. The average Bonchev–Trinajstić information content (AvgIpc) is 2.73. The third kappa shape index (κ3) is 3.55. The van der Waals surface area contributed by atoms with Crippen LogP contribution in [0.25, 0.3) is 0 Å². The standard InChI is InChI=1S/C11H8BrNO2S2/c12-9-3-7(5-16-9)6-17-10-4-8(11(14)15)1-2-13-10/h1-5H,6H2,(H,14,15). The lowest BCUT2D eigenvalue weighted by Gasteiger charge is -2.00. The van der Waals surface area contributed by atoms with E-state index in [4.69, 9.17) is 5.11 Å². The molecule has 0 atom stereocenters. The van der Waals surface area contributed by atoms with E-state index < -0.39 is 5.97 Å². The van der Waals surface area contributed by atoms with Gasteiger partial charge < -0.3 is 5.11 Å². The van der Waals surface area contributed by atoms with Crippen molar-refractivity contribution in [1.82, 2.24) is 4.98 Å². The number of aromatic carboxylic acids is 1. The molecule has 3 nitrogen and oxygen atoms in total. The van der Waals surface area contributed by atoms with Crippen LogP contribution in [0.4, 0.5) is 0 Å². The highest BCUT2D eigenvalue weighted by atomic mass is 79.9.